The Hall–Kier alpha value is -3.11. The summed E-state index contributed by atoms with van der Waals surface area (Å²) in [5.74, 6) is -1.17. The molecule has 2 aromatic carbocycles. The smallest absolute Gasteiger partial charge is 0.387 e. The molecular weight excluding hydrogens is 444 g/mol. The highest BCUT2D eigenvalue weighted by Crippen LogP contribution is 2.28. The van der Waals surface area contributed by atoms with Gasteiger partial charge in [-0.05, 0) is 29.3 Å². The van der Waals surface area contributed by atoms with Gasteiger partial charge in [0.2, 0.25) is 5.91 Å². The Labute approximate surface area is 188 Å². The first-order chi connectivity index (χ1) is 15.9. The molecule has 1 aliphatic rings. The number of morpholine rings is 1. The number of hydrogen-bond donors (Lipinski definition) is 1. The summed E-state index contributed by atoms with van der Waals surface area (Å²) < 4.78 is 63.9. The summed E-state index contributed by atoms with van der Waals surface area (Å²) in [7, 11) is 0. The van der Waals surface area contributed by atoms with Crippen LogP contribution in [0.3, 0.4) is 0 Å². The molecule has 0 atom stereocenters. The maximum Gasteiger partial charge on any atom is 0.387 e. The summed E-state index contributed by atoms with van der Waals surface area (Å²) in [5.41, 5.74) is 2.15. The van der Waals surface area contributed by atoms with Gasteiger partial charge in [-0.1, -0.05) is 24.3 Å². The summed E-state index contributed by atoms with van der Waals surface area (Å²) in [6, 6.07) is 11.2. The van der Waals surface area contributed by atoms with Crippen LogP contribution in [0.5, 0.6) is 11.5 Å². The third-order valence-electron chi connectivity index (χ3n) is 4.81. The highest BCUT2D eigenvalue weighted by atomic mass is 19.3. The average molecular weight is 468 g/mol. The number of carbonyl (C=O) groups excluding carboxylic acids is 1. The molecule has 0 saturated carbocycles. The lowest BCUT2D eigenvalue weighted by atomic mass is 10.1. The minimum absolute atomic E-state index is 0.111. The number of nitrogens with one attached hydrogen (secondary N) is 1. The lowest BCUT2D eigenvalue weighted by molar-refractivity contribution is -0.116. The van der Waals surface area contributed by atoms with Crippen molar-refractivity contribution in [3.8, 4) is 11.5 Å². The number of alkyl halides is 4. The number of carbonyl (C=O) groups is 1. The van der Waals surface area contributed by atoms with Crippen molar-refractivity contribution < 1.29 is 36.6 Å². The predicted octanol–water partition coefficient (Wildman–Crippen LogP) is 4.05. The fourth-order valence-corrected chi connectivity index (χ4v) is 3.30. The number of hydrogen-bond acceptors (Lipinski definition) is 5. The zero-order valence-corrected chi connectivity index (χ0v) is 17.7. The molecule has 0 aromatic heterocycles. The average Bonchev–Trinajstić information content (AvgIpc) is 2.77. The highest BCUT2D eigenvalue weighted by Gasteiger charge is 2.13. The van der Waals surface area contributed by atoms with Crippen LogP contribution in [-0.2, 0) is 22.6 Å². The molecule has 1 fully saturated rings. The zero-order chi connectivity index (χ0) is 23.6. The van der Waals surface area contributed by atoms with Gasteiger partial charge in [-0.3, -0.25) is 9.69 Å². The normalized spacial score (nSPS) is 14.7. The first-order valence-corrected chi connectivity index (χ1v) is 10.3. The van der Waals surface area contributed by atoms with Crippen LogP contribution < -0.4 is 14.8 Å². The number of halogens is 4. The molecule has 1 saturated heterocycles. The Kier molecular flexibility index (Phi) is 9.08. The van der Waals surface area contributed by atoms with E-state index in [4.69, 9.17) is 4.74 Å². The van der Waals surface area contributed by atoms with Gasteiger partial charge >= 0.3 is 13.2 Å². The van der Waals surface area contributed by atoms with Gasteiger partial charge in [0.15, 0.2) is 0 Å². The van der Waals surface area contributed by atoms with Crippen molar-refractivity contribution in [2.24, 2.45) is 0 Å². The van der Waals surface area contributed by atoms with Gasteiger partial charge in [0.05, 0.1) is 13.2 Å². The van der Waals surface area contributed by atoms with Crippen molar-refractivity contribution in [1.82, 2.24) is 10.2 Å². The van der Waals surface area contributed by atoms with Crippen LogP contribution in [0, 0.1) is 0 Å². The number of ether oxygens (including phenoxy) is 3. The maximum absolute atomic E-state index is 12.7. The molecule has 6 nitrogen and oxygen atoms in total. The molecule has 1 aliphatic heterocycles. The Balaban J connectivity index is 1.58. The van der Waals surface area contributed by atoms with Crippen molar-refractivity contribution in [2.75, 3.05) is 26.3 Å². The summed E-state index contributed by atoms with van der Waals surface area (Å²) in [6.45, 7) is -2.02. The molecule has 0 radical (unpaired) electrons. The first-order valence-electron chi connectivity index (χ1n) is 10.3. The van der Waals surface area contributed by atoms with Crippen LogP contribution in [0.1, 0.15) is 16.7 Å². The lowest BCUT2D eigenvalue weighted by Gasteiger charge is -2.26. The minimum atomic E-state index is -3.17. The standard InChI is InChI=1S/C23H24F4N2O4/c24-22(25)32-19-6-4-18(20(13-19)33-23(26)27)5-7-21(30)28-14-16-2-1-3-17(12-16)15-29-8-10-31-11-9-29/h1-7,12-13,22-23H,8-11,14-15H2,(H,28,30). The van der Waals surface area contributed by atoms with E-state index in [0.717, 1.165) is 42.9 Å². The quantitative estimate of drug-likeness (QED) is 0.421. The largest absolute Gasteiger partial charge is 0.435 e. The molecule has 0 spiro atoms. The number of benzene rings is 2. The fraction of sp³-hybridized carbons (Fsp3) is 0.348. The molecule has 33 heavy (non-hydrogen) atoms. The Morgan fingerprint density at radius 3 is 2.48 bits per heavy atom. The second kappa shape index (κ2) is 12.2. The topological polar surface area (TPSA) is 60.0 Å². The van der Waals surface area contributed by atoms with E-state index >= 15 is 0 Å². The van der Waals surface area contributed by atoms with Crippen molar-refractivity contribution in [3.63, 3.8) is 0 Å². The van der Waals surface area contributed by atoms with Crippen molar-refractivity contribution in [1.29, 1.82) is 0 Å². The maximum atomic E-state index is 12.7. The van der Waals surface area contributed by atoms with Crippen LogP contribution in [-0.4, -0.2) is 50.3 Å². The molecule has 2 aromatic rings. The third-order valence-corrected chi connectivity index (χ3v) is 4.81. The van der Waals surface area contributed by atoms with E-state index in [1.807, 2.05) is 24.3 Å². The van der Waals surface area contributed by atoms with Gasteiger partial charge in [-0.15, -0.1) is 0 Å². The Morgan fingerprint density at radius 2 is 1.76 bits per heavy atom. The zero-order valence-electron chi connectivity index (χ0n) is 17.7. The second-order valence-corrected chi connectivity index (χ2v) is 7.22. The third kappa shape index (κ3) is 8.39. The predicted molar refractivity (Wildman–Crippen MR) is 113 cm³/mol. The van der Waals surface area contributed by atoms with E-state index in [1.54, 1.807) is 0 Å². The molecule has 1 amide bonds. The van der Waals surface area contributed by atoms with E-state index < -0.39 is 19.1 Å². The molecule has 1 heterocycles. The van der Waals surface area contributed by atoms with Crippen LogP contribution in [0.2, 0.25) is 0 Å². The summed E-state index contributed by atoms with van der Waals surface area (Å²) in [6.07, 6.45) is 2.41. The van der Waals surface area contributed by atoms with Crippen LogP contribution >= 0.6 is 0 Å². The highest BCUT2D eigenvalue weighted by molar-refractivity contribution is 5.92. The van der Waals surface area contributed by atoms with Gasteiger partial charge in [0, 0.05) is 43.9 Å². The van der Waals surface area contributed by atoms with Crippen molar-refractivity contribution in [3.05, 3.63) is 65.2 Å². The van der Waals surface area contributed by atoms with E-state index in [0.29, 0.717) is 13.2 Å². The van der Waals surface area contributed by atoms with Gasteiger partial charge in [0.1, 0.15) is 11.5 Å². The van der Waals surface area contributed by atoms with Crippen molar-refractivity contribution >= 4 is 12.0 Å². The molecule has 178 valence electrons. The van der Waals surface area contributed by atoms with E-state index in [1.165, 1.54) is 18.2 Å². The SMILES string of the molecule is O=C(C=Cc1ccc(OC(F)F)cc1OC(F)F)NCc1cccc(CN2CCOCC2)c1. The minimum Gasteiger partial charge on any atom is -0.435 e. The van der Waals surface area contributed by atoms with Crippen LogP contribution in [0.4, 0.5) is 17.6 Å². The van der Waals surface area contributed by atoms with Gasteiger partial charge in [-0.2, -0.15) is 17.6 Å². The van der Waals surface area contributed by atoms with Crippen LogP contribution in [0.15, 0.2) is 48.5 Å². The van der Waals surface area contributed by atoms with E-state index in [9.17, 15) is 22.4 Å². The number of rotatable bonds is 10. The summed E-state index contributed by atoms with van der Waals surface area (Å²) in [4.78, 5) is 14.5. The molecule has 1 N–H and O–H groups in total. The van der Waals surface area contributed by atoms with Gasteiger partial charge in [-0.25, -0.2) is 0 Å². The van der Waals surface area contributed by atoms with Crippen molar-refractivity contribution in [2.45, 2.75) is 26.3 Å². The monoisotopic (exact) mass is 468 g/mol. The fourth-order valence-electron chi connectivity index (χ4n) is 3.30. The molecule has 0 bridgehead atoms. The first kappa shape index (κ1) is 24.5. The molecule has 3 rings (SSSR count). The Morgan fingerprint density at radius 1 is 1.03 bits per heavy atom. The number of amides is 1. The lowest BCUT2D eigenvalue weighted by Crippen LogP contribution is -2.35. The molecule has 0 aliphatic carbocycles. The molecule has 10 heteroatoms. The second-order valence-electron chi connectivity index (χ2n) is 7.22. The Bertz CT molecular complexity index is 950. The number of nitrogens with zero attached hydrogens (tertiary/aromatic N) is 1. The molecule has 0 unspecified atom stereocenters. The molecular formula is C23H24F4N2O4. The van der Waals surface area contributed by atoms with E-state index in [-0.39, 0.29) is 23.6 Å². The van der Waals surface area contributed by atoms with E-state index in [2.05, 4.69) is 19.7 Å². The van der Waals surface area contributed by atoms with Crippen LogP contribution in [0.25, 0.3) is 6.08 Å². The van der Waals surface area contributed by atoms with Gasteiger partial charge in [0.25, 0.3) is 0 Å². The van der Waals surface area contributed by atoms with Gasteiger partial charge < -0.3 is 19.5 Å². The summed E-state index contributed by atoms with van der Waals surface area (Å²) in [5, 5.41) is 2.73. The summed E-state index contributed by atoms with van der Waals surface area (Å²) >= 11 is 0.